The minimum atomic E-state index is 0.546. The first kappa shape index (κ1) is 38.7. The fourth-order valence-electron chi connectivity index (χ4n) is 7.28. The second-order valence-electron chi connectivity index (χ2n) is 14.4. The fraction of sp³-hybridized carbons (Fsp3) is 0.189. The van der Waals surface area contributed by atoms with Crippen molar-refractivity contribution in [1.82, 2.24) is 0 Å². The van der Waals surface area contributed by atoms with Crippen molar-refractivity contribution < 1.29 is 4.42 Å². The van der Waals surface area contributed by atoms with Gasteiger partial charge in [-0.1, -0.05) is 161 Å². The van der Waals surface area contributed by atoms with Crippen LogP contribution < -0.4 is 0 Å². The molecule has 0 amide bonds. The first-order valence-corrected chi connectivity index (χ1v) is 19.6. The van der Waals surface area contributed by atoms with Gasteiger partial charge in [0.05, 0.1) is 5.69 Å². The van der Waals surface area contributed by atoms with Crippen molar-refractivity contribution in [2.24, 2.45) is 4.99 Å². The van der Waals surface area contributed by atoms with E-state index in [1.54, 1.807) is 0 Å². The van der Waals surface area contributed by atoms with Crippen LogP contribution in [0.25, 0.3) is 55.3 Å². The summed E-state index contributed by atoms with van der Waals surface area (Å²) in [5.74, 6) is 1.51. The van der Waals surface area contributed by atoms with Crippen molar-refractivity contribution in [3.63, 3.8) is 0 Å². The number of fused-ring (bicyclic) bond motifs is 2. The summed E-state index contributed by atoms with van der Waals surface area (Å²) in [7, 11) is 0. The van der Waals surface area contributed by atoms with Gasteiger partial charge >= 0.3 is 0 Å². The molecule has 0 aliphatic heterocycles. The van der Waals surface area contributed by atoms with E-state index in [0.29, 0.717) is 5.92 Å². The van der Waals surface area contributed by atoms with Gasteiger partial charge in [-0.3, -0.25) is 4.99 Å². The monoisotopic (exact) mass is 719 g/mol. The van der Waals surface area contributed by atoms with Crippen LogP contribution in [0.3, 0.4) is 0 Å². The molecule has 8 aromatic rings. The average Bonchev–Trinajstić information content (AvgIpc) is 3.55. The molecule has 2 nitrogen and oxygen atoms in total. The number of nitrogens with zero attached hydrogens (tertiary/aromatic N) is 1. The van der Waals surface area contributed by atoms with Gasteiger partial charge in [0, 0.05) is 22.7 Å². The number of hydrogen-bond acceptors (Lipinski definition) is 2. The Kier molecular flexibility index (Phi) is 12.9. The summed E-state index contributed by atoms with van der Waals surface area (Å²) >= 11 is 0. The van der Waals surface area contributed by atoms with Gasteiger partial charge in [-0.2, -0.15) is 0 Å². The Morgan fingerprint density at radius 2 is 1.18 bits per heavy atom. The Balaban J connectivity index is 0.000000234. The SMILES string of the molecule is CC=Nc1ccccc1C(C)C.CCCc1ccccc1-c1cc(-c2ccc3oc(-c4ccc(C)c5ccccc45)c(C)c3c2)ccc1C.c1ccccc1. The molecule has 0 spiro atoms. The lowest BCUT2D eigenvalue weighted by Crippen LogP contribution is -1.92. The van der Waals surface area contributed by atoms with Gasteiger partial charge in [0.25, 0.3) is 0 Å². The normalized spacial score (nSPS) is 11.1. The molecule has 55 heavy (non-hydrogen) atoms. The van der Waals surface area contributed by atoms with Crippen LogP contribution in [0.4, 0.5) is 5.69 Å². The van der Waals surface area contributed by atoms with Gasteiger partial charge in [0.2, 0.25) is 0 Å². The lowest BCUT2D eigenvalue weighted by atomic mass is 9.91. The smallest absolute Gasteiger partial charge is 0.138 e. The standard InChI is InChI=1S/C36H32O.C11H15N.C6H6/c1-5-10-26-11-6-7-13-30(26)33-21-27(17-15-24(33)3)28-18-20-35-34(22-28)25(4)36(37-35)32-19-16-23(2)29-12-8-9-14-31(29)32;1-4-12-11-8-6-5-7-10(11)9(2)3;1-2-4-6-5-3-1/h6-9,11-22H,5,10H2,1-4H3;4-9H,1-3H3;1-6H. The zero-order valence-electron chi connectivity index (χ0n) is 33.4. The van der Waals surface area contributed by atoms with Gasteiger partial charge in [0.1, 0.15) is 11.3 Å². The molecular formula is C53H53NO. The fourth-order valence-corrected chi connectivity index (χ4v) is 7.28. The molecule has 0 aliphatic carbocycles. The van der Waals surface area contributed by atoms with Gasteiger partial charge in [-0.05, 0) is 120 Å². The van der Waals surface area contributed by atoms with E-state index in [2.05, 4.69) is 162 Å². The molecule has 0 saturated carbocycles. The van der Waals surface area contributed by atoms with Crippen molar-refractivity contribution in [3.8, 4) is 33.6 Å². The minimum absolute atomic E-state index is 0.546. The molecule has 0 saturated heterocycles. The Morgan fingerprint density at radius 3 is 1.89 bits per heavy atom. The first-order chi connectivity index (χ1) is 26.8. The summed E-state index contributed by atoms with van der Waals surface area (Å²) in [6.07, 6.45) is 4.07. The summed E-state index contributed by atoms with van der Waals surface area (Å²) in [5.41, 5.74) is 14.8. The first-order valence-electron chi connectivity index (χ1n) is 19.6. The van der Waals surface area contributed by atoms with Gasteiger partial charge in [0.15, 0.2) is 0 Å². The Bertz CT molecular complexity index is 2490. The second-order valence-corrected chi connectivity index (χ2v) is 14.4. The minimum Gasteiger partial charge on any atom is -0.456 e. The van der Waals surface area contributed by atoms with E-state index in [4.69, 9.17) is 4.42 Å². The maximum Gasteiger partial charge on any atom is 0.138 e. The summed E-state index contributed by atoms with van der Waals surface area (Å²) < 4.78 is 6.48. The van der Waals surface area contributed by atoms with E-state index < -0.39 is 0 Å². The molecule has 1 aromatic heterocycles. The van der Waals surface area contributed by atoms with Crippen LogP contribution >= 0.6 is 0 Å². The molecule has 0 atom stereocenters. The van der Waals surface area contributed by atoms with Gasteiger partial charge in [-0.25, -0.2) is 0 Å². The molecule has 1 heterocycles. The van der Waals surface area contributed by atoms with Crippen LogP contribution in [-0.4, -0.2) is 6.21 Å². The van der Waals surface area contributed by atoms with E-state index in [9.17, 15) is 0 Å². The second kappa shape index (κ2) is 18.4. The van der Waals surface area contributed by atoms with Crippen LogP contribution in [0.15, 0.2) is 167 Å². The Hall–Kier alpha value is -5.99. The molecule has 0 N–H and O–H groups in total. The quantitative estimate of drug-likeness (QED) is 0.151. The molecular weight excluding hydrogens is 667 g/mol. The number of aryl methyl sites for hydroxylation is 4. The number of rotatable bonds is 7. The molecule has 276 valence electrons. The average molecular weight is 720 g/mol. The molecule has 8 rings (SSSR count). The van der Waals surface area contributed by atoms with E-state index in [1.807, 2.05) is 55.6 Å². The number of benzene rings is 7. The number of para-hydroxylation sites is 1. The maximum absolute atomic E-state index is 6.48. The molecule has 0 radical (unpaired) electrons. The van der Waals surface area contributed by atoms with Crippen molar-refractivity contribution in [2.75, 3.05) is 0 Å². The van der Waals surface area contributed by atoms with Gasteiger partial charge in [-0.15, -0.1) is 0 Å². The Labute approximate surface area is 328 Å². The zero-order chi connectivity index (χ0) is 38.7. The van der Waals surface area contributed by atoms with E-state index in [-0.39, 0.29) is 0 Å². The van der Waals surface area contributed by atoms with Crippen molar-refractivity contribution in [1.29, 1.82) is 0 Å². The Morgan fingerprint density at radius 1 is 0.564 bits per heavy atom. The largest absolute Gasteiger partial charge is 0.456 e. The topological polar surface area (TPSA) is 25.5 Å². The predicted molar refractivity (Wildman–Crippen MR) is 239 cm³/mol. The van der Waals surface area contributed by atoms with E-state index in [1.165, 1.54) is 66.2 Å². The van der Waals surface area contributed by atoms with Crippen LogP contribution in [0.5, 0.6) is 0 Å². The lowest BCUT2D eigenvalue weighted by molar-refractivity contribution is 0.630. The molecule has 0 unspecified atom stereocenters. The van der Waals surface area contributed by atoms with Crippen molar-refractivity contribution >= 4 is 33.6 Å². The number of hydrogen-bond donors (Lipinski definition) is 0. The third-order valence-electron chi connectivity index (χ3n) is 10.2. The summed E-state index contributed by atoms with van der Waals surface area (Å²) in [5, 5.41) is 3.68. The zero-order valence-corrected chi connectivity index (χ0v) is 33.4. The van der Waals surface area contributed by atoms with Crippen LogP contribution in [0.2, 0.25) is 0 Å². The highest BCUT2D eigenvalue weighted by molar-refractivity contribution is 6.01. The molecule has 7 aromatic carbocycles. The molecule has 0 bridgehead atoms. The third kappa shape index (κ3) is 9.04. The molecule has 2 heteroatoms. The summed E-state index contributed by atoms with van der Waals surface area (Å²) in [4.78, 5) is 4.30. The summed E-state index contributed by atoms with van der Waals surface area (Å²) in [6, 6.07) is 55.5. The van der Waals surface area contributed by atoms with E-state index in [0.717, 1.165) is 35.4 Å². The summed E-state index contributed by atoms with van der Waals surface area (Å²) in [6.45, 7) is 15.1. The molecule has 0 fully saturated rings. The van der Waals surface area contributed by atoms with Crippen LogP contribution in [-0.2, 0) is 6.42 Å². The number of furan rings is 1. The van der Waals surface area contributed by atoms with Gasteiger partial charge < -0.3 is 4.42 Å². The van der Waals surface area contributed by atoms with Crippen LogP contribution in [0.1, 0.15) is 67.9 Å². The maximum atomic E-state index is 6.48. The predicted octanol–water partition coefficient (Wildman–Crippen LogP) is 15.7. The highest BCUT2D eigenvalue weighted by Gasteiger charge is 2.17. The highest BCUT2D eigenvalue weighted by atomic mass is 16.3. The lowest BCUT2D eigenvalue weighted by Gasteiger charge is -2.14. The number of aliphatic imine (C=N–C) groups is 1. The van der Waals surface area contributed by atoms with E-state index >= 15 is 0 Å². The van der Waals surface area contributed by atoms with Crippen molar-refractivity contribution in [3.05, 3.63) is 186 Å². The highest BCUT2D eigenvalue weighted by Crippen LogP contribution is 2.40. The van der Waals surface area contributed by atoms with Crippen molar-refractivity contribution in [2.45, 2.75) is 67.2 Å². The van der Waals surface area contributed by atoms with Crippen LogP contribution in [0, 0.1) is 20.8 Å². The third-order valence-corrected chi connectivity index (χ3v) is 10.2. The molecule has 0 aliphatic rings.